The number of aliphatic imine (C=N–C) groups is 1. The topological polar surface area (TPSA) is 59.9 Å². The second-order valence-electron chi connectivity index (χ2n) is 5.16. The second kappa shape index (κ2) is 8.03. The summed E-state index contributed by atoms with van der Waals surface area (Å²) in [6.45, 7) is 0. The lowest BCUT2D eigenvalue weighted by atomic mass is 10.1. The van der Waals surface area contributed by atoms with E-state index in [4.69, 9.17) is 32.7 Å². The molecule has 0 radical (unpaired) electrons. The summed E-state index contributed by atoms with van der Waals surface area (Å²) in [6.07, 6.45) is 1.73. The van der Waals surface area contributed by atoms with Gasteiger partial charge in [-0.3, -0.25) is 4.79 Å². The lowest BCUT2D eigenvalue weighted by Gasteiger charge is -2.10. The Morgan fingerprint density at radius 3 is 2.65 bits per heavy atom. The standard InChI is InChI=1S/C18H14Cl2N2O3S/c1-24-14-5-3-4-10(16(14)25-2)8-15-17(23)22-18(26-15)21-13-7-6-11(19)9-12(13)20/h3-9H,1-2H3,(H,21,22,23). The molecule has 1 saturated heterocycles. The van der Waals surface area contributed by atoms with E-state index in [1.807, 2.05) is 12.1 Å². The fourth-order valence-corrected chi connectivity index (χ4v) is 3.61. The van der Waals surface area contributed by atoms with Gasteiger partial charge in [-0.25, -0.2) is 4.99 Å². The highest BCUT2D eigenvalue weighted by molar-refractivity contribution is 8.18. The number of carbonyl (C=O) groups is 1. The molecule has 26 heavy (non-hydrogen) atoms. The van der Waals surface area contributed by atoms with E-state index in [0.29, 0.717) is 37.3 Å². The molecule has 1 aliphatic rings. The van der Waals surface area contributed by atoms with Crippen molar-refractivity contribution >= 4 is 57.8 Å². The van der Waals surface area contributed by atoms with E-state index in [-0.39, 0.29) is 5.91 Å². The van der Waals surface area contributed by atoms with E-state index < -0.39 is 0 Å². The van der Waals surface area contributed by atoms with Crippen molar-refractivity contribution in [2.45, 2.75) is 0 Å². The van der Waals surface area contributed by atoms with Crippen LogP contribution in [0.2, 0.25) is 10.0 Å². The second-order valence-corrected chi connectivity index (χ2v) is 7.03. The molecule has 3 rings (SSSR count). The number of amides is 1. The molecule has 0 bridgehead atoms. The summed E-state index contributed by atoms with van der Waals surface area (Å²) in [6, 6.07) is 10.4. The third kappa shape index (κ3) is 3.98. The first kappa shape index (κ1) is 18.6. The first-order valence-electron chi connectivity index (χ1n) is 7.47. The summed E-state index contributed by atoms with van der Waals surface area (Å²) in [7, 11) is 3.11. The molecule has 0 unspecified atom stereocenters. The summed E-state index contributed by atoms with van der Waals surface area (Å²) in [5.74, 6) is 0.901. The van der Waals surface area contributed by atoms with Crippen molar-refractivity contribution in [2.75, 3.05) is 14.2 Å². The predicted molar refractivity (Wildman–Crippen MR) is 107 cm³/mol. The first-order valence-corrected chi connectivity index (χ1v) is 9.04. The summed E-state index contributed by atoms with van der Waals surface area (Å²) < 4.78 is 10.7. The van der Waals surface area contributed by atoms with E-state index in [1.165, 1.54) is 11.8 Å². The number of benzene rings is 2. The summed E-state index contributed by atoms with van der Waals surface area (Å²) >= 11 is 13.2. The summed E-state index contributed by atoms with van der Waals surface area (Å²) in [5.41, 5.74) is 1.26. The van der Waals surface area contributed by atoms with Gasteiger partial charge in [0.25, 0.3) is 5.91 Å². The van der Waals surface area contributed by atoms with Gasteiger partial charge in [-0.2, -0.15) is 0 Å². The Kier molecular flexibility index (Phi) is 5.76. The zero-order chi connectivity index (χ0) is 18.7. The number of hydrogen-bond donors (Lipinski definition) is 1. The van der Waals surface area contributed by atoms with E-state index >= 15 is 0 Å². The molecule has 1 aliphatic heterocycles. The minimum Gasteiger partial charge on any atom is -0.493 e. The third-order valence-electron chi connectivity index (χ3n) is 3.50. The minimum atomic E-state index is -0.247. The molecule has 0 saturated carbocycles. The molecule has 2 aromatic rings. The highest BCUT2D eigenvalue weighted by Crippen LogP contribution is 2.36. The van der Waals surface area contributed by atoms with Gasteiger partial charge >= 0.3 is 0 Å². The largest absolute Gasteiger partial charge is 0.493 e. The molecule has 2 aromatic carbocycles. The van der Waals surface area contributed by atoms with Gasteiger partial charge in [0, 0.05) is 10.6 Å². The maximum absolute atomic E-state index is 12.3. The number of carbonyl (C=O) groups excluding carboxylic acids is 1. The number of methoxy groups -OCH3 is 2. The number of rotatable bonds is 4. The van der Waals surface area contributed by atoms with Gasteiger partial charge in [-0.1, -0.05) is 35.3 Å². The molecule has 8 heteroatoms. The van der Waals surface area contributed by atoms with Gasteiger partial charge in [0.15, 0.2) is 16.7 Å². The number of ether oxygens (including phenoxy) is 2. The maximum Gasteiger partial charge on any atom is 0.264 e. The van der Waals surface area contributed by atoms with Gasteiger partial charge in [-0.15, -0.1) is 0 Å². The van der Waals surface area contributed by atoms with Gasteiger partial charge in [-0.05, 0) is 42.1 Å². The van der Waals surface area contributed by atoms with Crippen LogP contribution in [0.25, 0.3) is 6.08 Å². The predicted octanol–water partition coefficient (Wildman–Crippen LogP) is 4.90. The number of para-hydroxylation sites is 1. The van der Waals surface area contributed by atoms with Crippen LogP contribution in [0.4, 0.5) is 5.69 Å². The number of nitrogens with one attached hydrogen (secondary N) is 1. The van der Waals surface area contributed by atoms with Crippen molar-refractivity contribution in [3.8, 4) is 11.5 Å². The van der Waals surface area contributed by atoms with Crippen LogP contribution >= 0.6 is 35.0 Å². The quantitative estimate of drug-likeness (QED) is 0.730. The van der Waals surface area contributed by atoms with Crippen molar-refractivity contribution in [1.29, 1.82) is 0 Å². The fourth-order valence-electron chi connectivity index (χ4n) is 2.33. The average Bonchev–Trinajstić information content (AvgIpc) is 2.96. The Bertz CT molecular complexity index is 929. The van der Waals surface area contributed by atoms with Crippen LogP contribution in [0.5, 0.6) is 11.5 Å². The van der Waals surface area contributed by atoms with E-state index in [9.17, 15) is 4.79 Å². The summed E-state index contributed by atoms with van der Waals surface area (Å²) in [4.78, 5) is 17.1. The molecule has 0 aliphatic carbocycles. The van der Waals surface area contributed by atoms with Crippen LogP contribution in [0.15, 0.2) is 46.3 Å². The van der Waals surface area contributed by atoms with E-state index in [1.54, 1.807) is 44.6 Å². The lowest BCUT2D eigenvalue weighted by molar-refractivity contribution is -0.115. The maximum atomic E-state index is 12.3. The molecule has 1 amide bonds. The third-order valence-corrected chi connectivity index (χ3v) is 4.95. The first-order chi connectivity index (χ1) is 12.5. The number of hydrogen-bond acceptors (Lipinski definition) is 5. The zero-order valence-corrected chi connectivity index (χ0v) is 16.2. The molecule has 1 heterocycles. The van der Waals surface area contributed by atoms with Crippen LogP contribution in [-0.4, -0.2) is 25.3 Å². The van der Waals surface area contributed by atoms with Crippen LogP contribution in [0.3, 0.4) is 0 Å². The van der Waals surface area contributed by atoms with Gasteiger partial charge in [0.1, 0.15) is 0 Å². The minimum absolute atomic E-state index is 0.247. The number of thioether (sulfide) groups is 1. The Morgan fingerprint density at radius 2 is 1.96 bits per heavy atom. The van der Waals surface area contributed by atoms with Crippen molar-refractivity contribution in [3.05, 3.63) is 56.9 Å². The molecule has 0 spiro atoms. The molecular formula is C18H14Cl2N2O3S. The molecule has 5 nitrogen and oxygen atoms in total. The Labute approximate surface area is 165 Å². The van der Waals surface area contributed by atoms with Gasteiger partial charge in [0.05, 0.1) is 29.8 Å². The van der Waals surface area contributed by atoms with Crippen LogP contribution < -0.4 is 14.8 Å². The molecular weight excluding hydrogens is 395 g/mol. The lowest BCUT2D eigenvalue weighted by Crippen LogP contribution is -2.19. The number of halogens is 2. The molecule has 0 atom stereocenters. The molecule has 1 fully saturated rings. The van der Waals surface area contributed by atoms with Crippen molar-refractivity contribution in [1.82, 2.24) is 5.32 Å². The van der Waals surface area contributed by atoms with Crippen molar-refractivity contribution in [2.24, 2.45) is 4.99 Å². The Balaban J connectivity index is 1.91. The highest BCUT2D eigenvalue weighted by atomic mass is 35.5. The van der Waals surface area contributed by atoms with Crippen molar-refractivity contribution in [3.63, 3.8) is 0 Å². The fraction of sp³-hybridized carbons (Fsp3) is 0.111. The molecule has 0 aromatic heterocycles. The van der Waals surface area contributed by atoms with Crippen molar-refractivity contribution < 1.29 is 14.3 Å². The van der Waals surface area contributed by atoms with E-state index in [0.717, 1.165) is 5.56 Å². The molecule has 134 valence electrons. The monoisotopic (exact) mass is 408 g/mol. The van der Waals surface area contributed by atoms with Gasteiger partial charge in [0.2, 0.25) is 0 Å². The van der Waals surface area contributed by atoms with Crippen LogP contribution in [-0.2, 0) is 4.79 Å². The van der Waals surface area contributed by atoms with Crippen LogP contribution in [0.1, 0.15) is 5.56 Å². The zero-order valence-electron chi connectivity index (χ0n) is 13.9. The Hall–Kier alpha value is -2.15. The van der Waals surface area contributed by atoms with Gasteiger partial charge < -0.3 is 14.8 Å². The SMILES string of the molecule is COc1cccc(C=C2SC(=Nc3ccc(Cl)cc3Cl)NC2=O)c1OC. The summed E-state index contributed by atoms with van der Waals surface area (Å²) in [5, 5.41) is 4.09. The number of nitrogens with zero attached hydrogens (tertiary/aromatic N) is 1. The smallest absolute Gasteiger partial charge is 0.264 e. The van der Waals surface area contributed by atoms with Crippen LogP contribution in [0, 0.1) is 0 Å². The average molecular weight is 409 g/mol. The Morgan fingerprint density at radius 1 is 1.15 bits per heavy atom. The number of amidine groups is 1. The highest BCUT2D eigenvalue weighted by Gasteiger charge is 2.25. The van der Waals surface area contributed by atoms with E-state index in [2.05, 4.69) is 10.3 Å². The normalized spacial score (nSPS) is 16.8. The molecule has 1 N–H and O–H groups in total.